The topological polar surface area (TPSA) is 124 Å². The van der Waals surface area contributed by atoms with Crippen molar-refractivity contribution in [3.05, 3.63) is 53.6 Å². The van der Waals surface area contributed by atoms with E-state index < -0.39 is 17.3 Å². The average molecular weight is 399 g/mol. The van der Waals surface area contributed by atoms with Crippen molar-refractivity contribution >= 4 is 40.1 Å². The Balaban J connectivity index is 1.88. The van der Waals surface area contributed by atoms with E-state index in [2.05, 4.69) is 9.98 Å². The molecule has 0 amide bonds. The predicted molar refractivity (Wildman–Crippen MR) is 109 cm³/mol. The number of carbonyl (C=O) groups is 1. The normalized spacial score (nSPS) is 12.8. The van der Waals surface area contributed by atoms with Crippen LogP contribution in [0.2, 0.25) is 0 Å². The lowest BCUT2D eigenvalue weighted by Gasteiger charge is -2.07. The molecule has 0 bridgehead atoms. The summed E-state index contributed by atoms with van der Waals surface area (Å²) in [6, 6.07) is 11.6. The van der Waals surface area contributed by atoms with Gasteiger partial charge < -0.3 is 19.4 Å². The average Bonchev–Trinajstić information content (AvgIpc) is 2.99. The molecule has 0 aliphatic heterocycles. The highest BCUT2D eigenvalue weighted by molar-refractivity contribution is 7.89. The third-order valence-corrected chi connectivity index (χ3v) is 4.75. The molecule has 1 unspecified atom stereocenters. The van der Waals surface area contributed by atoms with Gasteiger partial charge in [0.15, 0.2) is 10.8 Å². The molecular formula is C20H21N3O4S. The van der Waals surface area contributed by atoms with E-state index in [-0.39, 0.29) is 11.8 Å². The van der Waals surface area contributed by atoms with Crippen molar-refractivity contribution in [2.24, 2.45) is 16.0 Å². The number of aromatic hydroxyl groups is 1. The number of hydrogen-bond donors (Lipinski definition) is 3. The second-order valence-electron chi connectivity index (χ2n) is 6.69. The van der Waals surface area contributed by atoms with E-state index in [4.69, 9.17) is 9.88 Å². The van der Waals surface area contributed by atoms with E-state index in [1.54, 1.807) is 42.5 Å². The summed E-state index contributed by atoms with van der Waals surface area (Å²) in [5.41, 5.74) is 2.14. The van der Waals surface area contributed by atoms with Gasteiger partial charge >= 0.3 is 5.97 Å². The predicted octanol–water partition coefficient (Wildman–Crippen LogP) is 3.42. The van der Waals surface area contributed by atoms with Crippen LogP contribution in [0.1, 0.15) is 29.8 Å². The number of ether oxygens (including phenoxy) is 1. The molecule has 8 heteroatoms. The smallest absolute Gasteiger partial charge is 0.338 e. The largest absolute Gasteiger partial charge is 0.593 e. The molecule has 4 N–H and O–H groups in total. The van der Waals surface area contributed by atoms with Gasteiger partial charge in [-0.25, -0.2) is 4.79 Å². The number of hydrogen-bond acceptors (Lipinski definition) is 6. The minimum atomic E-state index is -1.55. The summed E-state index contributed by atoms with van der Waals surface area (Å²) in [5.74, 6) is -0.217. The van der Waals surface area contributed by atoms with Crippen LogP contribution in [0.15, 0.2) is 52.4 Å². The molecule has 0 saturated carbocycles. The van der Waals surface area contributed by atoms with Crippen LogP contribution in [0, 0.1) is 5.92 Å². The third kappa shape index (κ3) is 4.53. The summed E-state index contributed by atoms with van der Waals surface area (Å²) < 4.78 is 16.5. The Morgan fingerprint density at radius 1 is 1.32 bits per heavy atom. The van der Waals surface area contributed by atoms with Crippen molar-refractivity contribution in [1.82, 2.24) is 4.98 Å². The maximum Gasteiger partial charge on any atom is 0.338 e. The van der Waals surface area contributed by atoms with Crippen LogP contribution in [-0.4, -0.2) is 33.4 Å². The summed E-state index contributed by atoms with van der Waals surface area (Å²) in [6.07, 6.45) is 1.51. The van der Waals surface area contributed by atoms with Crippen LogP contribution in [0.25, 0.3) is 10.9 Å². The monoisotopic (exact) mass is 399 g/mol. The van der Waals surface area contributed by atoms with Crippen molar-refractivity contribution < 1.29 is 19.2 Å². The number of carbonyl (C=O) groups excluding carboxylic acids is 1. The Morgan fingerprint density at radius 3 is 2.68 bits per heavy atom. The fraction of sp³-hybridized carbons (Fsp3) is 0.200. The SMILES string of the molecule is CC(C)COC(=O)c1ccc2[nH]c(O)c(/C=N/c3ccc([S+](N)[O-])cc3)c2c1. The third-order valence-electron chi connectivity index (χ3n) is 4.01. The molecule has 0 spiro atoms. The highest BCUT2D eigenvalue weighted by atomic mass is 32.2. The maximum atomic E-state index is 12.2. The first-order chi connectivity index (χ1) is 13.3. The van der Waals surface area contributed by atoms with Crippen molar-refractivity contribution in [1.29, 1.82) is 0 Å². The lowest BCUT2D eigenvalue weighted by atomic mass is 10.1. The van der Waals surface area contributed by atoms with E-state index in [0.717, 1.165) is 0 Å². The molecular weight excluding hydrogens is 378 g/mol. The lowest BCUT2D eigenvalue weighted by molar-refractivity contribution is 0.0459. The standard InChI is InChI=1S/C20H21N3O4S/c1-12(2)11-27-20(25)13-3-8-18-16(9-13)17(19(24)23-18)10-22-14-4-6-15(7-5-14)28(21)26/h3-10,12,23-24H,11,21H2,1-2H3/b22-10+. The van der Waals surface area contributed by atoms with Crippen molar-refractivity contribution in [3.63, 3.8) is 0 Å². The Morgan fingerprint density at radius 2 is 2.04 bits per heavy atom. The highest BCUT2D eigenvalue weighted by Crippen LogP contribution is 2.28. The minimum absolute atomic E-state index is 0.0499. The van der Waals surface area contributed by atoms with Crippen LogP contribution in [0.5, 0.6) is 5.88 Å². The van der Waals surface area contributed by atoms with E-state index in [1.807, 2.05) is 13.8 Å². The number of benzene rings is 2. The summed E-state index contributed by atoms with van der Waals surface area (Å²) in [5, 5.41) is 16.2. The van der Waals surface area contributed by atoms with Crippen LogP contribution >= 0.6 is 0 Å². The number of aliphatic imine (C=N–C) groups is 1. The summed E-state index contributed by atoms with van der Waals surface area (Å²) >= 11 is -1.55. The fourth-order valence-corrected chi connectivity index (χ4v) is 2.99. The van der Waals surface area contributed by atoms with Crippen LogP contribution < -0.4 is 5.14 Å². The molecule has 146 valence electrons. The number of esters is 1. The zero-order valence-electron chi connectivity index (χ0n) is 15.5. The first kappa shape index (κ1) is 19.9. The molecule has 3 aromatic rings. The fourth-order valence-electron chi connectivity index (χ4n) is 2.59. The molecule has 7 nitrogen and oxygen atoms in total. The molecule has 1 aromatic heterocycles. The number of rotatable bonds is 6. The molecule has 0 radical (unpaired) electrons. The van der Waals surface area contributed by atoms with Gasteiger partial charge in [-0.2, -0.15) is 0 Å². The Labute approximate surface area is 165 Å². The molecule has 3 rings (SSSR count). The number of nitrogens with two attached hydrogens (primary N) is 1. The highest BCUT2D eigenvalue weighted by Gasteiger charge is 2.14. The second-order valence-corrected chi connectivity index (χ2v) is 7.76. The molecule has 2 aromatic carbocycles. The molecule has 28 heavy (non-hydrogen) atoms. The zero-order chi connectivity index (χ0) is 20.3. The first-order valence-corrected chi connectivity index (χ1v) is 9.88. The van der Waals surface area contributed by atoms with E-state index in [0.29, 0.717) is 39.2 Å². The van der Waals surface area contributed by atoms with Crippen molar-refractivity contribution in [3.8, 4) is 5.88 Å². The lowest BCUT2D eigenvalue weighted by Crippen LogP contribution is -2.11. The van der Waals surface area contributed by atoms with Gasteiger partial charge in [0.05, 0.1) is 34.8 Å². The summed E-state index contributed by atoms with van der Waals surface area (Å²) in [7, 11) is 0. The van der Waals surface area contributed by atoms with Gasteiger partial charge in [-0.3, -0.25) is 4.99 Å². The van der Waals surface area contributed by atoms with Crippen molar-refractivity contribution in [2.45, 2.75) is 18.7 Å². The number of nitrogens with one attached hydrogen (secondary N) is 1. The van der Waals surface area contributed by atoms with Crippen molar-refractivity contribution in [2.75, 3.05) is 6.61 Å². The molecule has 0 saturated heterocycles. The van der Waals surface area contributed by atoms with Crippen LogP contribution in [-0.2, 0) is 16.1 Å². The molecule has 1 heterocycles. The van der Waals surface area contributed by atoms with E-state index >= 15 is 0 Å². The van der Waals surface area contributed by atoms with Crippen LogP contribution in [0.4, 0.5) is 5.69 Å². The first-order valence-electron chi connectivity index (χ1n) is 8.67. The molecule has 0 aliphatic rings. The zero-order valence-corrected chi connectivity index (χ0v) is 16.3. The van der Waals surface area contributed by atoms with Gasteiger partial charge in [0, 0.05) is 17.1 Å². The summed E-state index contributed by atoms with van der Waals surface area (Å²) in [4.78, 5) is 19.9. The van der Waals surface area contributed by atoms with Gasteiger partial charge in [-0.1, -0.05) is 13.8 Å². The van der Waals surface area contributed by atoms with Gasteiger partial charge in [0.2, 0.25) is 0 Å². The van der Waals surface area contributed by atoms with Crippen LogP contribution in [0.3, 0.4) is 0 Å². The Bertz CT molecular complexity index is 1010. The molecule has 1 atom stereocenters. The number of nitrogens with zero attached hydrogens (tertiary/aromatic N) is 1. The number of aromatic amines is 1. The molecule has 0 aliphatic carbocycles. The maximum absolute atomic E-state index is 12.2. The minimum Gasteiger partial charge on any atom is -0.593 e. The Hall–Kier alpha value is -2.81. The number of fused-ring (bicyclic) bond motifs is 1. The quantitative estimate of drug-likeness (QED) is 0.333. The van der Waals surface area contributed by atoms with Gasteiger partial charge in [-0.15, -0.1) is 5.14 Å². The van der Waals surface area contributed by atoms with Gasteiger partial charge in [0.25, 0.3) is 0 Å². The second kappa shape index (κ2) is 8.47. The van der Waals surface area contributed by atoms with E-state index in [9.17, 15) is 14.5 Å². The number of aromatic nitrogens is 1. The Kier molecular flexibility index (Phi) is 6.03. The van der Waals surface area contributed by atoms with Gasteiger partial charge in [-0.05, 0) is 48.4 Å². The molecule has 0 fully saturated rings. The summed E-state index contributed by atoms with van der Waals surface area (Å²) in [6.45, 7) is 4.27. The van der Waals surface area contributed by atoms with E-state index in [1.165, 1.54) is 6.21 Å². The number of H-pyrrole nitrogens is 1. The van der Waals surface area contributed by atoms with Gasteiger partial charge in [0.1, 0.15) is 0 Å².